The maximum absolute atomic E-state index is 12.3. The zero-order chi connectivity index (χ0) is 14.8. The van der Waals surface area contributed by atoms with Crippen molar-refractivity contribution in [1.82, 2.24) is 15.1 Å². The molecule has 21 heavy (non-hydrogen) atoms. The van der Waals surface area contributed by atoms with Gasteiger partial charge in [-0.1, -0.05) is 0 Å². The highest BCUT2D eigenvalue weighted by molar-refractivity contribution is 5.74. The summed E-state index contributed by atoms with van der Waals surface area (Å²) in [5.41, 5.74) is 0. The quantitative estimate of drug-likeness (QED) is 0.821. The first-order valence-corrected chi connectivity index (χ1v) is 8.58. The van der Waals surface area contributed by atoms with E-state index >= 15 is 0 Å². The Morgan fingerprint density at radius 1 is 1.24 bits per heavy atom. The van der Waals surface area contributed by atoms with Crippen LogP contribution in [0.25, 0.3) is 0 Å². The van der Waals surface area contributed by atoms with Crippen molar-refractivity contribution in [2.45, 2.75) is 51.2 Å². The molecule has 3 fully saturated rings. The highest BCUT2D eigenvalue weighted by atomic mass is 16.3. The molecule has 3 aliphatic rings. The Kier molecular flexibility index (Phi) is 4.69. The van der Waals surface area contributed by atoms with Crippen molar-refractivity contribution in [1.29, 1.82) is 0 Å². The Labute approximate surface area is 127 Å². The van der Waals surface area contributed by atoms with Crippen LogP contribution < -0.4 is 5.32 Å². The predicted octanol–water partition coefficient (Wildman–Crippen LogP) is 1.27. The number of nitrogens with one attached hydrogen (secondary N) is 1. The predicted molar refractivity (Wildman–Crippen MR) is 82.1 cm³/mol. The van der Waals surface area contributed by atoms with Crippen molar-refractivity contribution >= 4 is 6.03 Å². The molecular formula is C16H29N3O2. The second-order valence-electron chi connectivity index (χ2n) is 7.16. The summed E-state index contributed by atoms with van der Waals surface area (Å²) in [6, 6.07) is 0.907. The Balaban J connectivity index is 1.39. The van der Waals surface area contributed by atoms with Crippen LogP contribution >= 0.6 is 0 Å². The van der Waals surface area contributed by atoms with Gasteiger partial charge in [0.1, 0.15) is 0 Å². The lowest BCUT2D eigenvalue weighted by atomic mass is 9.94. The van der Waals surface area contributed by atoms with Gasteiger partial charge in [0.2, 0.25) is 0 Å². The molecule has 0 aromatic heterocycles. The molecule has 3 rings (SSSR count). The molecule has 0 radical (unpaired) electrons. The first-order valence-electron chi connectivity index (χ1n) is 8.58. The third-order valence-electron chi connectivity index (χ3n) is 5.35. The zero-order valence-electron chi connectivity index (χ0n) is 13.1. The van der Waals surface area contributed by atoms with Gasteiger partial charge >= 0.3 is 6.03 Å². The van der Waals surface area contributed by atoms with Crippen LogP contribution in [-0.4, -0.2) is 65.8 Å². The Morgan fingerprint density at radius 3 is 2.76 bits per heavy atom. The van der Waals surface area contributed by atoms with E-state index < -0.39 is 0 Å². The normalized spacial score (nSPS) is 32.2. The lowest BCUT2D eigenvalue weighted by molar-refractivity contribution is 0.0737. The van der Waals surface area contributed by atoms with Crippen LogP contribution in [0.15, 0.2) is 0 Å². The van der Waals surface area contributed by atoms with Crippen LogP contribution in [0.5, 0.6) is 0 Å². The van der Waals surface area contributed by atoms with Gasteiger partial charge in [0.05, 0.1) is 6.10 Å². The summed E-state index contributed by atoms with van der Waals surface area (Å²) in [4.78, 5) is 16.7. The first kappa shape index (κ1) is 15.1. The van der Waals surface area contributed by atoms with Crippen molar-refractivity contribution in [3.05, 3.63) is 0 Å². The van der Waals surface area contributed by atoms with Crippen molar-refractivity contribution in [2.24, 2.45) is 11.8 Å². The van der Waals surface area contributed by atoms with Gasteiger partial charge in [0.15, 0.2) is 0 Å². The Hall–Kier alpha value is -0.810. The molecular weight excluding hydrogens is 266 g/mol. The zero-order valence-corrected chi connectivity index (χ0v) is 13.1. The van der Waals surface area contributed by atoms with E-state index in [0.717, 1.165) is 38.5 Å². The molecule has 3 unspecified atom stereocenters. The largest absolute Gasteiger partial charge is 0.393 e. The van der Waals surface area contributed by atoms with Gasteiger partial charge < -0.3 is 20.2 Å². The molecule has 2 heterocycles. The molecule has 2 N–H and O–H groups in total. The van der Waals surface area contributed by atoms with Gasteiger partial charge in [-0.3, -0.25) is 0 Å². The summed E-state index contributed by atoms with van der Waals surface area (Å²) in [5.74, 6) is 0.855. The summed E-state index contributed by atoms with van der Waals surface area (Å²) in [6.07, 6.45) is 5.67. The molecule has 3 atom stereocenters. The minimum atomic E-state index is -0.317. The topological polar surface area (TPSA) is 55.8 Å². The average molecular weight is 295 g/mol. The maximum Gasteiger partial charge on any atom is 0.317 e. The smallest absolute Gasteiger partial charge is 0.317 e. The molecule has 2 aliphatic heterocycles. The summed E-state index contributed by atoms with van der Waals surface area (Å²) in [5, 5.41) is 12.8. The van der Waals surface area contributed by atoms with Crippen LogP contribution in [0.2, 0.25) is 0 Å². The van der Waals surface area contributed by atoms with E-state index in [2.05, 4.69) is 10.2 Å². The number of likely N-dealkylation sites (tertiary alicyclic amines) is 2. The third kappa shape index (κ3) is 3.89. The number of carbonyl (C=O) groups is 1. The SMILES string of the molecule is CC(O)C1CCCN(C(=O)NCC2CCN(C3CC3)C2)C1. The lowest BCUT2D eigenvalue weighted by Crippen LogP contribution is -2.48. The van der Waals surface area contributed by atoms with Crippen LogP contribution in [0.3, 0.4) is 0 Å². The van der Waals surface area contributed by atoms with E-state index in [4.69, 9.17) is 0 Å². The maximum atomic E-state index is 12.3. The number of rotatable bonds is 4. The fraction of sp³-hybridized carbons (Fsp3) is 0.938. The standard InChI is InChI=1S/C16H29N3O2/c1-12(20)14-3-2-7-19(11-14)16(21)17-9-13-6-8-18(10-13)15-4-5-15/h12-15,20H,2-11H2,1H3,(H,17,21). The van der Waals surface area contributed by atoms with Crippen molar-refractivity contribution < 1.29 is 9.90 Å². The van der Waals surface area contributed by atoms with Gasteiger partial charge in [0.25, 0.3) is 0 Å². The van der Waals surface area contributed by atoms with Gasteiger partial charge in [-0.25, -0.2) is 4.79 Å². The van der Waals surface area contributed by atoms with E-state index in [0.29, 0.717) is 12.5 Å². The van der Waals surface area contributed by atoms with Gasteiger partial charge in [0, 0.05) is 38.1 Å². The highest BCUT2D eigenvalue weighted by Crippen LogP contribution is 2.31. The van der Waals surface area contributed by atoms with E-state index in [1.807, 2.05) is 11.8 Å². The summed E-state index contributed by atoms with van der Waals surface area (Å²) < 4.78 is 0. The van der Waals surface area contributed by atoms with Gasteiger partial charge in [-0.05, 0) is 51.5 Å². The Morgan fingerprint density at radius 2 is 2.05 bits per heavy atom. The molecule has 5 nitrogen and oxygen atoms in total. The number of carbonyl (C=O) groups excluding carboxylic acids is 1. The van der Waals surface area contributed by atoms with Crippen LogP contribution in [0.1, 0.15) is 39.0 Å². The number of piperidine rings is 1. The second kappa shape index (κ2) is 6.53. The Bertz CT molecular complexity index is 371. The van der Waals surface area contributed by atoms with Crippen molar-refractivity contribution in [2.75, 3.05) is 32.7 Å². The third-order valence-corrected chi connectivity index (χ3v) is 5.35. The summed E-state index contributed by atoms with van der Waals surface area (Å²) in [6.45, 7) is 6.52. The molecule has 0 bridgehead atoms. The molecule has 5 heteroatoms. The monoisotopic (exact) mass is 295 g/mol. The lowest BCUT2D eigenvalue weighted by Gasteiger charge is -2.34. The van der Waals surface area contributed by atoms with Crippen LogP contribution in [-0.2, 0) is 0 Å². The molecule has 0 aromatic rings. The fourth-order valence-corrected chi connectivity index (χ4v) is 3.73. The van der Waals surface area contributed by atoms with E-state index in [1.165, 1.54) is 25.8 Å². The van der Waals surface area contributed by atoms with Gasteiger partial charge in [-0.15, -0.1) is 0 Å². The molecule has 1 aliphatic carbocycles. The molecule has 120 valence electrons. The summed E-state index contributed by atoms with van der Waals surface area (Å²) in [7, 11) is 0. The minimum absolute atomic E-state index is 0.0604. The average Bonchev–Trinajstić information content (AvgIpc) is 3.24. The fourth-order valence-electron chi connectivity index (χ4n) is 3.73. The molecule has 0 spiro atoms. The molecule has 1 saturated carbocycles. The second-order valence-corrected chi connectivity index (χ2v) is 7.16. The minimum Gasteiger partial charge on any atom is -0.393 e. The number of hydrogen-bond donors (Lipinski definition) is 2. The van der Waals surface area contributed by atoms with E-state index in [-0.39, 0.29) is 18.1 Å². The number of aliphatic hydroxyl groups is 1. The molecule has 2 saturated heterocycles. The van der Waals surface area contributed by atoms with Crippen molar-refractivity contribution in [3.63, 3.8) is 0 Å². The summed E-state index contributed by atoms with van der Waals surface area (Å²) >= 11 is 0. The van der Waals surface area contributed by atoms with Crippen LogP contribution in [0, 0.1) is 11.8 Å². The van der Waals surface area contributed by atoms with Gasteiger partial charge in [-0.2, -0.15) is 0 Å². The number of amides is 2. The number of urea groups is 1. The number of aliphatic hydroxyl groups excluding tert-OH is 1. The number of hydrogen-bond acceptors (Lipinski definition) is 3. The van der Waals surface area contributed by atoms with E-state index in [1.54, 1.807) is 0 Å². The number of nitrogens with zero attached hydrogens (tertiary/aromatic N) is 2. The molecule has 0 aromatic carbocycles. The van der Waals surface area contributed by atoms with Crippen LogP contribution in [0.4, 0.5) is 4.79 Å². The molecule has 2 amide bonds. The van der Waals surface area contributed by atoms with Crippen molar-refractivity contribution in [3.8, 4) is 0 Å². The highest BCUT2D eigenvalue weighted by Gasteiger charge is 2.34. The first-order chi connectivity index (χ1) is 10.1. The van der Waals surface area contributed by atoms with E-state index in [9.17, 15) is 9.90 Å².